The second-order valence-electron chi connectivity index (χ2n) is 7.07. The number of hydrogen-bond donors (Lipinski definition) is 1. The maximum atomic E-state index is 12.8. The van der Waals surface area contributed by atoms with Crippen molar-refractivity contribution in [3.63, 3.8) is 0 Å². The largest absolute Gasteiger partial charge is 0.497 e. The molecule has 5 nitrogen and oxygen atoms in total. The lowest BCUT2D eigenvalue weighted by Gasteiger charge is -2.14. The van der Waals surface area contributed by atoms with E-state index in [-0.39, 0.29) is 4.90 Å². The fraction of sp³-hybridized carbons (Fsp3) is 0.286. The minimum Gasteiger partial charge on any atom is -0.497 e. The number of sulfonamides is 1. The first kappa shape index (κ1) is 19.2. The summed E-state index contributed by atoms with van der Waals surface area (Å²) >= 11 is 0. The van der Waals surface area contributed by atoms with E-state index in [1.54, 1.807) is 37.4 Å². The van der Waals surface area contributed by atoms with Crippen molar-refractivity contribution in [3.8, 4) is 5.75 Å². The number of benzene rings is 2. The number of ether oxygens (including phenoxy) is 1. The number of methoxy groups -OCH3 is 1. The smallest absolute Gasteiger partial charge is 0.261 e. The molecular weight excluding hydrogens is 360 g/mol. The third kappa shape index (κ3) is 4.39. The Kier molecular flexibility index (Phi) is 5.37. The average molecular weight is 385 g/mol. The summed E-state index contributed by atoms with van der Waals surface area (Å²) in [5.41, 5.74) is 2.96. The Morgan fingerprint density at radius 3 is 2.41 bits per heavy atom. The Balaban J connectivity index is 2.09. The maximum Gasteiger partial charge on any atom is 0.261 e. The molecule has 3 rings (SSSR count). The van der Waals surface area contributed by atoms with Crippen molar-refractivity contribution >= 4 is 26.6 Å². The highest BCUT2D eigenvalue weighted by atomic mass is 32.2. The number of aromatic nitrogens is 1. The van der Waals surface area contributed by atoms with Crippen LogP contribution in [-0.4, -0.2) is 20.5 Å². The van der Waals surface area contributed by atoms with Gasteiger partial charge in [-0.1, -0.05) is 37.6 Å². The predicted molar refractivity (Wildman–Crippen MR) is 109 cm³/mol. The number of hydrogen-bond acceptors (Lipinski definition) is 4. The van der Waals surface area contributed by atoms with E-state index in [0.29, 0.717) is 22.9 Å². The van der Waals surface area contributed by atoms with Crippen molar-refractivity contribution in [2.24, 2.45) is 5.92 Å². The van der Waals surface area contributed by atoms with Crippen LogP contribution in [0.2, 0.25) is 0 Å². The van der Waals surface area contributed by atoms with Gasteiger partial charge in [-0.25, -0.2) is 8.42 Å². The maximum absolute atomic E-state index is 12.8. The molecule has 2 aromatic carbocycles. The van der Waals surface area contributed by atoms with E-state index in [9.17, 15) is 8.42 Å². The SMILES string of the molecule is COc1cc(NS(=O)(=O)c2ccc(C)cc2)c2nc(CC(C)C)ccc2c1. The van der Waals surface area contributed by atoms with E-state index in [4.69, 9.17) is 9.72 Å². The van der Waals surface area contributed by atoms with Crippen molar-refractivity contribution in [2.45, 2.75) is 32.1 Å². The Morgan fingerprint density at radius 2 is 1.78 bits per heavy atom. The normalized spacial score (nSPS) is 11.7. The molecule has 142 valence electrons. The summed E-state index contributed by atoms with van der Waals surface area (Å²) in [6.07, 6.45) is 0.826. The highest BCUT2D eigenvalue weighted by Gasteiger charge is 2.17. The quantitative estimate of drug-likeness (QED) is 0.677. The summed E-state index contributed by atoms with van der Waals surface area (Å²) in [7, 11) is -2.17. The van der Waals surface area contributed by atoms with Gasteiger partial charge in [-0.15, -0.1) is 0 Å². The van der Waals surface area contributed by atoms with E-state index in [1.807, 2.05) is 25.1 Å². The van der Waals surface area contributed by atoms with Gasteiger partial charge in [0.05, 0.1) is 23.2 Å². The van der Waals surface area contributed by atoms with Crippen molar-refractivity contribution in [1.29, 1.82) is 0 Å². The number of rotatable bonds is 6. The van der Waals surface area contributed by atoms with Crippen LogP contribution in [-0.2, 0) is 16.4 Å². The van der Waals surface area contributed by atoms with Crippen LogP contribution in [0.1, 0.15) is 25.1 Å². The molecule has 0 radical (unpaired) electrons. The van der Waals surface area contributed by atoms with Crippen molar-refractivity contribution in [3.05, 3.63) is 59.8 Å². The lowest BCUT2D eigenvalue weighted by molar-refractivity contribution is 0.415. The van der Waals surface area contributed by atoms with E-state index in [1.165, 1.54) is 0 Å². The Hall–Kier alpha value is -2.60. The number of nitrogens with one attached hydrogen (secondary N) is 1. The molecule has 0 aliphatic carbocycles. The molecule has 0 spiro atoms. The van der Waals surface area contributed by atoms with Crippen LogP contribution < -0.4 is 9.46 Å². The molecule has 1 heterocycles. The molecule has 3 aromatic rings. The van der Waals surface area contributed by atoms with Gasteiger partial charge in [0.1, 0.15) is 5.75 Å². The molecular formula is C21H24N2O3S. The van der Waals surface area contributed by atoms with Gasteiger partial charge in [0, 0.05) is 17.1 Å². The van der Waals surface area contributed by atoms with Gasteiger partial charge < -0.3 is 4.74 Å². The van der Waals surface area contributed by atoms with Crippen LogP contribution in [0.3, 0.4) is 0 Å². The van der Waals surface area contributed by atoms with Gasteiger partial charge in [-0.2, -0.15) is 0 Å². The van der Waals surface area contributed by atoms with Crippen LogP contribution in [0.5, 0.6) is 5.75 Å². The monoisotopic (exact) mass is 384 g/mol. The van der Waals surface area contributed by atoms with Crippen LogP contribution >= 0.6 is 0 Å². The zero-order chi connectivity index (χ0) is 19.6. The van der Waals surface area contributed by atoms with Gasteiger partial charge in [0.15, 0.2) is 0 Å². The first-order valence-corrected chi connectivity index (χ1v) is 10.3. The summed E-state index contributed by atoms with van der Waals surface area (Å²) in [5, 5.41) is 0.823. The van der Waals surface area contributed by atoms with E-state index < -0.39 is 10.0 Å². The van der Waals surface area contributed by atoms with Gasteiger partial charge in [-0.05, 0) is 43.5 Å². The molecule has 0 amide bonds. The molecule has 0 aliphatic heterocycles. The summed E-state index contributed by atoms with van der Waals surface area (Å²) < 4.78 is 33.7. The standard InChI is InChI=1S/C21H24N2O3S/c1-14(2)11-17-8-7-16-12-18(26-4)13-20(21(16)22-17)23-27(24,25)19-9-5-15(3)6-10-19/h5-10,12-14,23H,11H2,1-4H3. The predicted octanol–water partition coefficient (Wildman–Crippen LogP) is 4.55. The third-order valence-electron chi connectivity index (χ3n) is 4.25. The second kappa shape index (κ2) is 7.56. The fourth-order valence-corrected chi connectivity index (χ4v) is 3.95. The number of pyridine rings is 1. The molecule has 1 aromatic heterocycles. The minimum absolute atomic E-state index is 0.211. The van der Waals surface area contributed by atoms with Crippen LogP contribution in [0.25, 0.3) is 10.9 Å². The summed E-state index contributed by atoms with van der Waals surface area (Å²) in [5.74, 6) is 1.03. The number of nitrogens with zero attached hydrogens (tertiary/aromatic N) is 1. The molecule has 6 heteroatoms. The first-order chi connectivity index (χ1) is 12.8. The van der Waals surface area contributed by atoms with Crippen molar-refractivity contribution in [2.75, 3.05) is 11.8 Å². The molecule has 0 fully saturated rings. The zero-order valence-corrected chi connectivity index (χ0v) is 16.8. The van der Waals surface area contributed by atoms with E-state index in [0.717, 1.165) is 23.1 Å². The first-order valence-electron chi connectivity index (χ1n) is 8.85. The van der Waals surface area contributed by atoms with Gasteiger partial charge in [0.25, 0.3) is 10.0 Å². The summed E-state index contributed by atoms with van der Waals surface area (Å²) in [6, 6.07) is 14.2. The Morgan fingerprint density at radius 1 is 1.07 bits per heavy atom. The zero-order valence-electron chi connectivity index (χ0n) is 16.0. The Bertz CT molecular complexity index is 1060. The molecule has 27 heavy (non-hydrogen) atoms. The lowest BCUT2D eigenvalue weighted by Crippen LogP contribution is -2.13. The van der Waals surface area contributed by atoms with Crippen LogP contribution in [0, 0.1) is 12.8 Å². The number of anilines is 1. The average Bonchev–Trinajstić information content (AvgIpc) is 2.61. The van der Waals surface area contributed by atoms with Crippen LogP contribution in [0.4, 0.5) is 5.69 Å². The van der Waals surface area contributed by atoms with Crippen LogP contribution in [0.15, 0.2) is 53.4 Å². The molecule has 0 aliphatic rings. The highest BCUT2D eigenvalue weighted by Crippen LogP contribution is 2.30. The topological polar surface area (TPSA) is 68.3 Å². The second-order valence-corrected chi connectivity index (χ2v) is 8.75. The van der Waals surface area contributed by atoms with Gasteiger partial charge in [0.2, 0.25) is 0 Å². The molecule has 0 saturated carbocycles. The van der Waals surface area contributed by atoms with Crippen molar-refractivity contribution in [1.82, 2.24) is 4.98 Å². The summed E-state index contributed by atoms with van der Waals surface area (Å²) in [4.78, 5) is 4.91. The molecule has 0 bridgehead atoms. The van der Waals surface area contributed by atoms with E-state index in [2.05, 4.69) is 18.6 Å². The molecule has 0 unspecified atom stereocenters. The molecule has 0 saturated heterocycles. The Labute approximate surface area is 160 Å². The van der Waals surface area contributed by atoms with Gasteiger partial charge in [-0.3, -0.25) is 9.71 Å². The fourth-order valence-electron chi connectivity index (χ4n) is 2.90. The summed E-state index contributed by atoms with van der Waals surface area (Å²) in [6.45, 7) is 6.17. The third-order valence-corrected chi connectivity index (χ3v) is 5.63. The van der Waals surface area contributed by atoms with Gasteiger partial charge >= 0.3 is 0 Å². The van der Waals surface area contributed by atoms with Crippen molar-refractivity contribution < 1.29 is 13.2 Å². The molecule has 1 N–H and O–H groups in total. The number of aryl methyl sites for hydroxylation is 1. The minimum atomic E-state index is -3.73. The lowest BCUT2D eigenvalue weighted by atomic mass is 10.1. The van der Waals surface area contributed by atoms with E-state index >= 15 is 0 Å². The number of fused-ring (bicyclic) bond motifs is 1. The molecule has 0 atom stereocenters. The highest BCUT2D eigenvalue weighted by molar-refractivity contribution is 7.92.